The van der Waals surface area contributed by atoms with Crippen molar-refractivity contribution in [3.63, 3.8) is 0 Å². The van der Waals surface area contributed by atoms with Crippen molar-refractivity contribution in [1.82, 2.24) is 4.57 Å². The van der Waals surface area contributed by atoms with E-state index in [-0.39, 0.29) is 0 Å². The van der Waals surface area contributed by atoms with Crippen LogP contribution < -0.4 is 4.90 Å². The van der Waals surface area contributed by atoms with Gasteiger partial charge in [0.15, 0.2) is 0 Å². The van der Waals surface area contributed by atoms with Gasteiger partial charge in [0.25, 0.3) is 0 Å². The standard InChI is InChI=1S/C73H48N2/c1-4-21-49(22-5-1)52-45-53(47-54(46-52)59-32-20-38-71-72(59)64-31-14-19-37-70(64)75(71)55-25-8-3-9-26-55)50-39-41-56(42-40-50)74(69-36-18-13-27-58(69)51-23-6-2-7-24-51)57-43-44-63-62-30-12-17-35-67(62)73(68(63)48-57)65-33-15-10-28-60(65)61-29-11-16-34-66(61)73/h1-48H. The van der Waals surface area contributed by atoms with E-state index in [2.05, 4.69) is 301 Å². The minimum atomic E-state index is -0.466. The van der Waals surface area contributed by atoms with Crippen LogP contribution in [0.1, 0.15) is 22.3 Å². The molecule has 15 rings (SSSR count). The normalized spacial score (nSPS) is 12.6. The molecular weight excluding hydrogens is 905 g/mol. The molecule has 350 valence electrons. The van der Waals surface area contributed by atoms with Crippen LogP contribution in [0.3, 0.4) is 0 Å². The first-order valence-corrected chi connectivity index (χ1v) is 26.0. The maximum absolute atomic E-state index is 2.49. The third-order valence-electron chi connectivity index (χ3n) is 16.0. The van der Waals surface area contributed by atoms with Crippen molar-refractivity contribution in [2.45, 2.75) is 5.41 Å². The smallest absolute Gasteiger partial charge is 0.0726 e. The Morgan fingerprint density at radius 2 is 0.733 bits per heavy atom. The van der Waals surface area contributed by atoms with Crippen molar-refractivity contribution >= 4 is 38.9 Å². The summed E-state index contributed by atoms with van der Waals surface area (Å²) in [6, 6.07) is 108. The van der Waals surface area contributed by atoms with Crippen LogP contribution in [0, 0.1) is 0 Å². The van der Waals surface area contributed by atoms with Gasteiger partial charge in [0.2, 0.25) is 0 Å². The molecule has 2 aliphatic rings. The van der Waals surface area contributed by atoms with Gasteiger partial charge in [0.1, 0.15) is 0 Å². The van der Waals surface area contributed by atoms with Gasteiger partial charge in [-0.05, 0) is 156 Å². The molecule has 13 aromatic rings. The van der Waals surface area contributed by atoms with Crippen molar-refractivity contribution in [2.75, 3.05) is 4.90 Å². The van der Waals surface area contributed by atoms with Crippen LogP contribution in [0.2, 0.25) is 0 Å². The second-order valence-corrected chi connectivity index (χ2v) is 19.9. The molecule has 0 amide bonds. The molecule has 0 unspecified atom stereocenters. The molecule has 0 radical (unpaired) electrons. The second kappa shape index (κ2) is 17.2. The monoisotopic (exact) mass is 952 g/mol. The molecule has 0 atom stereocenters. The van der Waals surface area contributed by atoms with Gasteiger partial charge in [0.05, 0.1) is 22.1 Å². The molecule has 0 saturated carbocycles. The summed E-state index contributed by atoms with van der Waals surface area (Å²) in [4.78, 5) is 2.48. The van der Waals surface area contributed by atoms with E-state index in [1.165, 1.54) is 99.7 Å². The summed E-state index contributed by atoms with van der Waals surface area (Å²) in [5.74, 6) is 0. The Balaban J connectivity index is 0.917. The molecule has 0 aliphatic heterocycles. The highest BCUT2D eigenvalue weighted by molar-refractivity contribution is 6.16. The second-order valence-electron chi connectivity index (χ2n) is 19.9. The zero-order valence-electron chi connectivity index (χ0n) is 41.1. The summed E-state index contributed by atoms with van der Waals surface area (Å²) in [7, 11) is 0. The van der Waals surface area contributed by atoms with Gasteiger partial charge >= 0.3 is 0 Å². The summed E-state index contributed by atoms with van der Waals surface area (Å²) in [6.45, 7) is 0. The fourth-order valence-corrected chi connectivity index (χ4v) is 12.8. The Morgan fingerprint density at radius 3 is 1.39 bits per heavy atom. The maximum Gasteiger partial charge on any atom is 0.0726 e. The number of anilines is 3. The first-order valence-electron chi connectivity index (χ1n) is 26.0. The highest BCUT2D eigenvalue weighted by Crippen LogP contribution is 2.63. The third kappa shape index (κ3) is 6.60. The molecular formula is C73H48N2. The summed E-state index contributed by atoms with van der Waals surface area (Å²) in [6.07, 6.45) is 0. The molecule has 0 saturated heterocycles. The van der Waals surface area contributed by atoms with Crippen LogP contribution in [0.4, 0.5) is 17.1 Å². The van der Waals surface area contributed by atoms with E-state index < -0.39 is 5.41 Å². The van der Waals surface area contributed by atoms with E-state index in [1.54, 1.807) is 0 Å². The quantitative estimate of drug-likeness (QED) is 0.147. The van der Waals surface area contributed by atoms with Crippen molar-refractivity contribution < 1.29 is 0 Å². The topological polar surface area (TPSA) is 8.17 Å². The summed E-state index contributed by atoms with van der Waals surface area (Å²) >= 11 is 0. The predicted octanol–water partition coefficient (Wildman–Crippen LogP) is 19.3. The zero-order chi connectivity index (χ0) is 49.5. The largest absolute Gasteiger partial charge is 0.310 e. The van der Waals surface area contributed by atoms with Gasteiger partial charge in [-0.1, -0.05) is 218 Å². The molecule has 0 bridgehead atoms. The van der Waals surface area contributed by atoms with E-state index in [0.717, 1.165) is 33.9 Å². The van der Waals surface area contributed by atoms with Gasteiger partial charge in [-0.15, -0.1) is 0 Å². The maximum atomic E-state index is 2.49. The van der Waals surface area contributed by atoms with Crippen LogP contribution in [-0.4, -0.2) is 4.57 Å². The minimum Gasteiger partial charge on any atom is -0.310 e. The molecule has 75 heavy (non-hydrogen) atoms. The van der Waals surface area contributed by atoms with E-state index in [4.69, 9.17) is 0 Å². The number of benzene rings is 12. The molecule has 2 aliphatic carbocycles. The van der Waals surface area contributed by atoms with Crippen molar-refractivity contribution in [3.05, 3.63) is 313 Å². The van der Waals surface area contributed by atoms with E-state index in [9.17, 15) is 0 Å². The Hall–Kier alpha value is -9.76. The lowest BCUT2D eigenvalue weighted by Gasteiger charge is -2.32. The number of para-hydroxylation sites is 3. The van der Waals surface area contributed by atoms with Crippen LogP contribution in [0.25, 0.3) is 94.3 Å². The SMILES string of the molecule is c1ccc(-c2cc(-c3ccc(N(c4ccc5c(c4)C4(c6ccccc6-c6ccccc64)c4ccccc4-5)c4ccccc4-c4ccccc4)cc3)cc(-c3cccc4c3c3ccccc3n4-c3ccccc3)c2)cc1. The highest BCUT2D eigenvalue weighted by atomic mass is 15.1. The lowest BCUT2D eigenvalue weighted by Crippen LogP contribution is -2.26. The first-order chi connectivity index (χ1) is 37.2. The molecule has 2 nitrogen and oxygen atoms in total. The number of fused-ring (bicyclic) bond motifs is 13. The minimum absolute atomic E-state index is 0.466. The summed E-state index contributed by atoms with van der Waals surface area (Å²) in [5.41, 5.74) is 26.3. The van der Waals surface area contributed by atoms with Gasteiger partial charge in [-0.2, -0.15) is 0 Å². The van der Waals surface area contributed by atoms with Crippen molar-refractivity contribution in [3.8, 4) is 72.4 Å². The van der Waals surface area contributed by atoms with Crippen molar-refractivity contribution in [2.24, 2.45) is 0 Å². The molecule has 2 heteroatoms. The van der Waals surface area contributed by atoms with Crippen LogP contribution in [0.5, 0.6) is 0 Å². The number of hydrogen-bond donors (Lipinski definition) is 0. The fraction of sp³-hybridized carbons (Fsp3) is 0.0137. The van der Waals surface area contributed by atoms with Crippen LogP contribution >= 0.6 is 0 Å². The molecule has 1 spiro atoms. The Bertz CT molecular complexity index is 4280. The van der Waals surface area contributed by atoms with Gasteiger partial charge in [-0.3, -0.25) is 0 Å². The number of aromatic nitrogens is 1. The fourth-order valence-electron chi connectivity index (χ4n) is 12.8. The van der Waals surface area contributed by atoms with Gasteiger partial charge in [0, 0.05) is 33.4 Å². The molecule has 1 heterocycles. The highest BCUT2D eigenvalue weighted by Gasteiger charge is 2.51. The predicted molar refractivity (Wildman–Crippen MR) is 314 cm³/mol. The molecule has 0 fully saturated rings. The molecule has 0 N–H and O–H groups in total. The summed E-state index contributed by atoms with van der Waals surface area (Å²) in [5, 5.41) is 2.49. The zero-order valence-corrected chi connectivity index (χ0v) is 41.1. The average Bonchev–Trinajstić information content (AvgIpc) is 4.13. The number of rotatable bonds is 8. The lowest BCUT2D eigenvalue weighted by molar-refractivity contribution is 0.793. The van der Waals surface area contributed by atoms with Gasteiger partial charge in [-0.25, -0.2) is 0 Å². The van der Waals surface area contributed by atoms with Crippen molar-refractivity contribution in [1.29, 1.82) is 0 Å². The Labute approximate surface area is 437 Å². The van der Waals surface area contributed by atoms with Gasteiger partial charge < -0.3 is 9.47 Å². The third-order valence-corrected chi connectivity index (χ3v) is 16.0. The Kier molecular flexibility index (Phi) is 9.83. The Morgan fingerprint density at radius 1 is 0.267 bits per heavy atom. The lowest BCUT2D eigenvalue weighted by atomic mass is 9.70. The van der Waals surface area contributed by atoms with E-state index >= 15 is 0 Å². The van der Waals surface area contributed by atoms with E-state index in [1.807, 2.05) is 0 Å². The first kappa shape index (κ1) is 42.9. The van der Waals surface area contributed by atoms with E-state index in [0.29, 0.717) is 0 Å². The molecule has 1 aromatic heterocycles. The van der Waals surface area contributed by atoms with Crippen LogP contribution in [0.15, 0.2) is 291 Å². The molecule has 12 aromatic carbocycles. The average molecular weight is 953 g/mol. The number of hydrogen-bond acceptors (Lipinski definition) is 1. The number of nitrogens with zero attached hydrogens (tertiary/aromatic N) is 2. The van der Waals surface area contributed by atoms with Crippen LogP contribution in [-0.2, 0) is 5.41 Å². The summed E-state index contributed by atoms with van der Waals surface area (Å²) < 4.78 is 2.40.